The van der Waals surface area contributed by atoms with Crippen molar-refractivity contribution < 1.29 is 28.5 Å². The number of fused-ring (bicyclic) bond motifs is 3. The molecule has 1 atom stereocenters. The van der Waals surface area contributed by atoms with Crippen molar-refractivity contribution in [1.82, 2.24) is 9.55 Å². The van der Waals surface area contributed by atoms with Crippen LogP contribution in [0, 0.1) is 6.92 Å². The molecular formula is C36H34N2O6. The van der Waals surface area contributed by atoms with Crippen LogP contribution in [-0.2, 0) is 17.9 Å². The maximum atomic E-state index is 11.9. The van der Waals surface area contributed by atoms with Crippen LogP contribution in [0.25, 0.3) is 33.3 Å². The van der Waals surface area contributed by atoms with Gasteiger partial charge in [-0.15, -0.1) is 0 Å². The van der Waals surface area contributed by atoms with Gasteiger partial charge in [-0.1, -0.05) is 61.9 Å². The Morgan fingerprint density at radius 2 is 1.70 bits per heavy atom. The summed E-state index contributed by atoms with van der Waals surface area (Å²) in [4.78, 5) is 16.5. The van der Waals surface area contributed by atoms with Crippen molar-refractivity contribution in [2.45, 2.75) is 45.9 Å². The predicted octanol–water partition coefficient (Wildman–Crippen LogP) is 8.03. The van der Waals surface area contributed by atoms with Gasteiger partial charge in [0, 0.05) is 28.4 Å². The number of aliphatic carboxylic acids is 1. The molecule has 2 aromatic heterocycles. The molecule has 2 heterocycles. The fourth-order valence-corrected chi connectivity index (χ4v) is 5.51. The number of aryl methyl sites for hydroxylation is 1. The molecule has 4 aromatic carbocycles. The second kappa shape index (κ2) is 12.6. The molecule has 0 aliphatic heterocycles. The summed E-state index contributed by atoms with van der Waals surface area (Å²) in [6, 6.07) is 29.6. The van der Waals surface area contributed by atoms with Crippen molar-refractivity contribution in [3.8, 4) is 28.7 Å². The summed E-state index contributed by atoms with van der Waals surface area (Å²) in [5.74, 6) is 2.09. The van der Waals surface area contributed by atoms with E-state index in [1.807, 2.05) is 98.8 Å². The molecule has 6 aromatic rings. The summed E-state index contributed by atoms with van der Waals surface area (Å²) in [6.45, 7) is 4.63. The first kappa shape index (κ1) is 28.9. The van der Waals surface area contributed by atoms with E-state index < -0.39 is 12.1 Å². The molecule has 8 nitrogen and oxygen atoms in total. The van der Waals surface area contributed by atoms with Gasteiger partial charge in [0.1, 0.15) is 23.8 Å². The van der Waals surface area contributed by atoms with Crippen LogP contribution in [-0.4, -0.2) is 33.8 Å². The molecule has 0 saturated heterocycles. The molecule has 224 valence electrons. The highest BCUT2D eigenvalue weighted by Crippen LogP contribution is 2.38. The largest absolute Gasteiger partial charge is 0.493 e. The highest BCUT2D eigenvalue weighted by molar-refractivity contribution is 6.11. The van der Waals surface area contributed by atoms with Crippen LogP contribution in [0.3, 0.4) is 0 Å². The molecule has 6 rings (SSSR count). The number of carbonyl (C=O) groups is 1. The number of para-hydroxylation sites is 1. The Balaban J connectivity index is 1.28. The van der Waals surface area contributed by atoms with Gasteiger partial charge in [0.2, 0.25) is 5.89 Å². The maximum absolute atomic E-state index is 11.9. The minimum Gasteiger partial charge on any atom is -0.493 e. The van der Waals surface area contributed by atoms with E-state index in [-0.39, 0.29) is 6.61 Å². The SMILES string of the molecule is CCC[C@@H](Oc1cccc2c1c1ccccc1n2Cc1ccc(OCc2nc(-c3ccccc3)oc2C)c(OC)c1)C(=O)O. The molecule has 1 N–H and O–H groups in total. The van der Waals surface area contributed by atoms with Gasteiger partial charge in [-0.3, -0.25) is 0 Å². The Bertz CT molecular complexity index is 1920. The van der Waals surface area contributed by atoms with Crippen LogP contribution in [0.15, 0.2) is 95.4 Å². The second-order valence-corrected chi connectivity index (χ2v) is 10.6. The van der Waals surface area contributed by atoms with Gasteiger partial charge in [0.05, 0.1) is 12.6 Å². The minimum absolute atomic E-state index is 0.239. The smallest absolute Gasteiger partial charge is 0.344 e. The fraction of sp³-hybridized carbons (Fsp3) is 0.222. The molecule has 0 radical (unpaired) electrons. The molecule has 0 fully saturated rings. The van der Waals surface area contributed by atoms with Crippen molar-refractivity contribution in [3.05, 3.63) is 108 Å². The summed E-state index contributed by atoms with van der Waals surface area (Å²) in [5.41, 5.74) is 4.63. The van der Waals surface area contributed by atoms with Crippen LogP contribution in [0.2, 0.25) is 0 Å². The average Bonchev–Trinajstić information content (AvgIpc) is 3.58. The first-order valence-corrected chi connectivity index (χ1v) is 14.7. The number of oxazole rings is 1. The van der Waals surface area contributed by atoms with E-state index in [2.05, 4.69) is 15.6 Å². The third-order valence-corrected chi connectivity index (χ3v) is 7.70. The van der Waals surface area contributed by atoms with Crippen molar-refractivity contribution in [1.29, 1.82) is 0 Å². The zero-order chi connectivity index (χ0) is 30.6. The monoisotopic (exact) mass is 590 g/mol. The van der Waals surface area contributed by atoms with E-state index in [0.29, 0.717) is 48.3 Å². The number of carboxylic acids is 1. The molecule has 0 spiro atoms. The Hall–Kier alpha value is -5.24. The maximum Gasteiger partial charge on any atom is 0.344 e. The summed E-state index contributed by atoms with van der Waals surface area (Å²) in [5, 5.41) is 11.6. The van der Waals surface area contributed by atoms with E-state index in [1.165, 1.54) is 0 Å². The number of aromatic nitrogens is 2. The summed E-state index contributed by atoms with van der Waals surface area (Å²) >= 11 is 0. The molecule has 8 heteroatoms. The normalized spacial score (nSPS) is 12.0. The van der Waals surface area contributed by atoms with Crippen LogP contribution in [0.5, 0.6) is 17.2 Å². The van der Waals surface area contributed by atoms with E-state index in [0.717, 1.165) is 38.6 Å². The van der Waals surface area contributed by atoms with Crippen molar-refractivity contribution in [2.24, 2.45) is 0 Å². The molecule has 0 saturated carbocycles. The Morgan fingerprint density at radius 3 is 2.48 bits per heavy atom. The van der Waals surface area contributed by atoms with Gasteiger partial charge in [-0.25, -0.2) is 9.78 Å². The summed E-state index contributed by atoms with van der Waals surface area (Å²) in [7, 11) is 1.63. The topological polar surface area (TPSA) is 96.0 Å². The third kappa shape index (κ3) is 5.71. The van der Waals surface area contributed by atoms with Gasteiger partial charge >= 0.3 is 5.97 Å². The number of hydrogen-bond acceptors (Lipinski definition) is 6. The average molecular weight is 591 g/mol. The lowest BCUT2D eigenvalue weighted by molar-refractivity contribution is -0.145. The Labute approximate surface area is 255 Å². The molecule has 0 aliphatic carbocycles. The van der Waals surface area contributed by atoms with Gasteiger partial charge in [-0.2, -0.15) is 0 Å². The Kier molecular flexibility index (Phi) is 8.23. The minimum atomic E-state index is -0.961. The molecule has 0 unspecified atom stereocenters. The van der Waals surface area contributed by atoms with Crippen LogP contribution < -0.4 is 14.2 Å². The molecule has 0 aliphatic rings. The van der Waals surface area contributed by atoms with Crippen LogP contribution >= 0.6 is 0 Å². The number of methoxy groups -OCH3 is 1. The third-order valence-electron chi connectivity index (χ3n) is 7.70. The van der Waals surface area contributed by atoms with Crippen LogP contribution in [0.4, 0.5) is 0 Å². The first-order valence-electron chi connectivity index (χ1n) is 14.7. The zero-order valence-corrected chi connectivity index (χ0v) is 24.9. The van der Waals surface area contributed by atoms with Crippen LogP contribution in [0.1, 0.15) is 36.8 Å². The van der Waals surface area contributed by atoms with E-state index >= 15 is 0 Å². The van der Waals surface area contributed by atoms with Crippen molar-refractivity contribution >= 4 is 27.8 Å². The lowest BCUT2D eigenvalue weighted by atomic mass is 10.1. The molecule has 44 heavy (non-hydrogen) atoms. The number of nitrogens with zero attached hydrogens (tertiary/aromatic N) is 2. The molecular weight excluding hydrogens is 556 g/mol. The first-order chi connectivity index (χ1) is 21.5. The van der Waals surface area contributed by atoms with Gasteiger partial charge in [0.15, 0.2) is 17.6 Å². The standard InChI is InChI=1S/C36H34N2O6/c1-4-11-32(36(39)40)44-31-17-10-16-29-34(31)26-14-8-9-15-28(26)38(29)21-24-18-19-30(33(20-24)41-3)42-22-27-23(2)43-35(37-27)25-12-6-5-7-13-25/h5-10,12-20,32H,4,11,21-22H2,1-3H3,(H,39,40)/t32-/m1/s1. The number of hydrogen-bond donors (Lipinski definition) is 1. The second-order valence-electron chi connectivity index (χ2n) is 10.6. The molecule has 0 bridgehead atoms. The lowest BCUT2D eigenvalue weighted by Crippen LogP contribution is -2.26. The highest BCUT2D eigenvalue weighted by Gasteiger charge is 2.22. The fourth-order valence-electron chi connectivity index (χ4n) is 5.51. The number of rotatable bonds is 12. The van der Waals surface area contributed by atoms with E-state index in [4.69, 9.17) is 18.6 Å². The van der Waals surface area contributed by atoms with Gasteiger partial charge < -0.3 is 28.3 Å². The van der Waals surface area contributed by atoms with E-state index in [9.17, 15) is 9.90 Å². The number of carboxylic acid groups (broad SMARTS) is 1. The highest BCUT2D eigenvalue weighted by atomic mass is 16.5. The summed E-state index contributed by atoms with van der Waals surface area (Å²) in [6.07, 6.45) is 0.238. The molecule has 0 amide bonds. The van der Waals surface area contributed by atoms with Gasteiger partial charge in [0.25, 0.3) is 0 Å². The summed E-state index contributed by atoms with van der Waals surface area (Å²) < 4.78 is 26.1. The lowest BCUT2D eigenvalue weighted by Gasteiger charge is -2.16. The number of benzene rings is 4. The quantitative estimate of drug-likeness (QED) is 0.154. The zero-order valence-electron chi connectivity index (χ0n) is 24.9. The van der Waals surface area contributed by atoms with E-state index in [1.54, 1.807) is 7.11 Å². The Morgan fingerprint density at radius 1 is 0.932 bits per heavy atom. The van der Waals surface area contributed by atoms with Crippen molar-refractivity contribution in [3.63, 3.8) is 0 Å². The number of ether oxygens (including phenoxy) is 3. The predicted molar refractivity (Wildman–Crippen MR) is 170 cm³/mol. The van der Waals surface area contributed by atoms with Gasteiger partial charge in [-0.05, 0) is 61.4 Å². The van der Waals surface area contributed by atoms with Crippen molar-refractivity contribution in [2.75, 3.05) is 7.11 Å².